The minimum absolute atomic E-state index is 0.691. The Hall–Kier alpha value is -0.720. The molecule has 0 radical (unpaired) electrons. The van der Waals surface area contributed by atoms with Crippen molar-refractivity contribution in [1.29, 1.82) is 0 Å². The average Bonchev–Trinajstić information content (AvgIpc) is 2.73. The van der Waals surface area contributed by atoms with E-state index in [2.05, 4.69) is 26.0 Å². The highest BCUT2D eigenvalue weighted by Gasteiger charge is 2.20. The van der Waals surface area contributed by atoms with Gasteiger partial charge in [-0.1, -0.05) is 0 Å². The third-order valence-electron chi connectivity index (χ3n) is 2.07. The molecule has 1 unspecified atom stereocenters. The third kappa shape index (κ3) is 1.97. The molecule has 0 saturated heterocycles. The second-order valence-corrected chi connectivity index (χ2v) is 4.98. The minimum atomic E-state index is -0.717. The van der Waals surface area contributed by atoms with Crippen molar-refractivity contribution < 1.29 is 5.11 Å². The maximum atomic E-state index is 10.1. The lowest BCUT2D eigenvalue weighted by atomic mass is 10.2. The quantitative estimate of drug-likeness (QED) is 0.920. The van der Waals surface area contributed by atoms with Gasteiger partial charge in [0.15, 0.2) is 0 Å². The molecule has 0 saturated carbocycles. The van der Waals surface area contributed by atoms with Crippen molar-refractivity contribution in [2.45, 2.75) is 13.0 Å². The first-order chi connectivity index (χ1) is 7.09. The van der Waals surface area contributed by atoms with Crippen molar-refractivity contribution in [3.63, 3.8) is 0 Å². The predicted octanol–water partition coefficient (Wildman–Crippen LogP) is 2.03. The summed E-state index contributed by atoms with van der Waals surface area (Å²) in [5, 5.41) is 16.8. The predicted molar refractivity (Wildman–Crippen MR) is 61.8 cm³/mol. The summed E-state index contributed by atoms with van der Waals surface area (Å²) in [5.74, 6) is 0. The van der Waals surface area contributed by atoms with E-state index >= 15 is 0 Å². The van der Waals surface area contributed by atoms with Crippen LogP contribution in [0.15, 0.2) is 16.0 Å². The highest BCUT2D eigenvalue weighted by molar-refractivity contribution is 9.10. The number of aromatic nitrogens is 3. The van der Waals surface area contributed by atoms with Crippen LogP contribution in [0, 0.1) is 6.92 Å². The Labute approximate surface area is 99.7 Å². The van der Waals surface area contributed by atoms with Gasteiger partial charge < -0.3 is 5.11 Å². The number of aliphatic hydroxyl groups excluding tert-OH is 1. The topological polar surface area (TPSA) is 50.9 Å². The van der Waals surface area contributed by atoms with Gasteiger partial charge in [-0.2, -0.15) is 5.10 Å². The lowest BCUT2D eigenvalue weighted by Crippen LogP contribution is -2.07. The highest BCUT2D eigenvalue weighted by atomic mass is 79.9. The lowest BCUT2D eigenvalue weighted by molar-refractivity contribution is 0.208. The fourth-order valence-corrected chi connectivity index (χ4v) is 2.69. The summed E-state index contributed by atoms with van der Waals surface area (Å²) in [4.78, 5) is 4.26. The van der Waals surface area contributed by atoms with Gasteiger partial charge in [-0.25, -0.2) is 4.98 Å². The molecule has 0 aliphatic heterocycles. The molecule has 15 heavy (non-hydrogen) atoms. The molecular formula is C9H10BrN3OS. The van der Waals surface area contributed by atoms with Gasteiger partial charge in [0.05, 0.1) is 16.4 Å². The monoisotopic (exact) mass is 287 g/mol. The molecule has 6 heteroatoms. The fraction of sp³-hybridized carbons (Fsp3) is 0.333. The molecule has 1 N–H and O–H groups in total. The first kappa shape index (κ1) is 10.8. The van der Waals surface area contributed by atoms with Gasteiger partial charge in [-0.05, 0) is 22.9 Å². The molecule has 0 aliphatic rings. The van der Waals surface area contributed by atoms with Crippen LogP contribution in [0.25, 0.3) is 0 Å². The molecule has 0 fully saturated rings. The summed E-state index contributed by atoms with van der Waals surface area (Å²) < 4.78 is 2.44. The fourth-order valence-electron chi connectivity index (χ4n) is 1.34. The van der Waals surface area contributed by atoms with Gasteiger partial charge in [0.1, 0.15) is 11.1 Å². The van der Waals surface area contributed by atoms with Crippen molar-refractivity contribution >= 4 is 27.3 Å². The van der Waals surface area contributed by atoms with E-state index in [0.29, 0.717) is 5.01 Å². The Morgan fingerprint density at radius 1 is 1.60 bits per heavy atom. The summed E-state index contributed by atoms with van der Waals surface area (Å²) in [6.45, 7) is 1.91. The van der Waals surface area contributed by atoms with Gasteiger partial charge in [-0.3, -0.25) is 4.68 Å². The van der Waals surface area contributed by atoms with Gasteiger partial charge in [0.25, 0.3) is 0 Å². The maximum absolute atomic E-state index is 10.1. The molecule has 80 valence electrons. The Morgan fingerprint density at radius 3 is 2.80 bits per heavy atom. The zero-order valence-electron chi connectivity index (χ0n) is 8.31. The van der Waals surface area contributed by atoms with Crippen LogP contribution >= 0.6 is 27.3 Å². The van der Waals surface area contributed by atoms with Crippen LogP contribution in [0.4, 0.5) is 0 Å². The van der Waals surface area contributed by atoms with Crippen molar-refractivity contribution in [1.82, 2.24) is 14.8 Å². The maximum Gasteiger partial charge on any atom is 0.148 e. The molecule has 4 nitrogen and oxygen atoms in total. The number of rotatable bonds is 2. The van der Waals surface area contributed by atoms with Crippen LogP contribution in [-0.2, 0) is 7.05 Å². The van der Waals surface area contributed by atoms with E-state index in [1.807, 2.05) is 12.3 Å². The summed E-state index contributed by atoms with van der Waals surface area (Å²) in [6, 6.07) is 0. The van der Waals surface area contributed by atoms with Crippen LogP contribution in [0.1, 0.15) is 22.5 Å². The molecule has 0 bridgehead atoms. The number of aryl methyl sites for hydroxylation is 2. The smallest absolute Gasteiger partial charge is 0.148 e. The first-order valence-electron chi connectivity index (χ1n) is 4.37. The van der Waals surface area contributed by atoms with Crippen LogP contribution in [0.2, 0.25) is 0 Å². The largest absolute Gasteiger partial charge is 0.379 e. The first-order valence-corrected chi connectivity index (χ1v) is 6.04. The molecule has 0 spiro atoms. The number of aliphatic hydroxyl groups is 1. The molecule has 0 aliphatic carbocycles. The van der Waals surface area contributed by atoms with Crippen molar-refractivity contribution in [3.05, 3.63) is 32.4 Å². The summed E-state index contributed by atoms with van der Waals surface area (Å²) >= 11 is 4.81. The van der Waals surface area contributed by atoms with E-state index in [0.717, 1.165) is 15.9 Å². The zero-order valence-corrected chi connectivity index (χ0v) is 10.7. The second kappa shape index (κ2) is 4.03. The van der Waals surface area contributed by atoms with Crippen LogP contribution < -0.4 is 0 Å². The number of hydrogen-bond acceptors (Lipinski definition) is 4. The average molecular weight is 288 g/mol. The van der Waals surface area contributed by atoms with Crippen molar-refractivity contribution in [3.8, 4) is 0 Å². The molecule has 0 aromatic carbocycles. The molecule has 2 aromatic heterocycles. The van der Waals surface area contributed by atoms with Crippen molar-refractivity contribution in [2.75, 3.05) is 0 Å². The molecule has 0 amide bonds. The molecule has 2 rings (SSSR count). The van der Waals surface area contributed by atoms with E-state index in [-0.39, 0.29) is 0 Å². The summed E-state index contributed by atoms with van der Waals surface area (Å²) in [6.07, 6.45) is 0.949. The van der Waals surface area contributed by atoms with E-state index < -0.39 is 6.10 Å². The number of thiazole rings is 1. The van der Waals surface area contributed by atoms with Crippen LogP contribution in [0.3, 0.4) is 0 Å². The number of hydrogen-bond donors (Lipinski definition) is 1. The Morgan fingerprint density at radius 2 is 2.33 bits per heavy atom. The standard InChI is InChI=1S/C9H10BrN3OS/c1-5-4-15-9(12-5)8(14)7-6(10)3-11-13(7)2/h3-4,8,14H,1-2H3. The Bertz CT molecular complexity index is 460. The van der Waals surface area contributed by atoms with Gasteiger partial charge in [0.2, 0.25) is 0 Å². The Kier molecular flexibility index (Phi) is 2.90. The van der Waals surface area contributed by atoms with Crippen LogP contribution in [0.5, 0.6) is 0 Å². The van der Waals surface area contributed by atoms with Gasteiger partial charge in [0, 0.05) is 18.1 Å². The zero-order chi connectivity index (χ0) is 11.0. The second-order valence-electron chi connectivity index (χ2n) is 3.23. The Balaban J connectivity index is 2.40. The van der Waals surface area contributed by atoms with Crippen LogP contribution in [-0.4, -0.2) is 19.9 Å². The van der Waals surface area contributed by atoms with E-state index in [4.69, 9.17) is 0 Å². The third-order valence-corrected chi connectivity index (χ3v) is 3.69. The summed E-state index contributed by atoms with van der Waals surface area (Å²) in [7, 11) is 1.80. The van der Waals surface area contributed by atoms with Gasteiger partial charge in [-0.15, -0.1) is 11.3 Å². The van der Waals surface area contributed by atoms with Gasteiger partial charge >= 0.3 is 0 Å². The number of nitrogens with zero attached hydrogens (tertiary/aromatic N) is 3. The molecule has 1 atom stereocenters. The molecule has 2 aromatic rings. The molecule has 2 heterocycles. The summed E-state index contributed by atoms with van der Waals surface area (Å²) in [5.41, 5.74) is 1.65. The van der Waals surface area contributed by atoms with E-state index in [9.17, 15) is 5.11 Å². The SMILES string of the molecule is Cc1csc(C(O)c2c(Br)cnn2C)n1. The van der Waals surface area contributed by atoms with Crippen molar-refractivity contribution in [2.24, 2.45) is 7.05 Å². The highest BCUT2D eigenvalue weighted by Crippen LogP contribution is 2.29. The minimum Gasteiger partial charge on any atom is -0.379 e. The molecular weight excluding hydrogens is 278 g/mol. The normalized spacial score (nSPS) is 13.1. The lowest BCUT2D eigenvalue weighted by Gasteiger charge is -2.08. The number of halogens is 1. The van der Waals surface area contributed by atoms with E-state index in [1.54, 1.807) is 17.9 Å². The van der Waals surface area contributed by atoms with E-state index in [1.165, 1.54) is 11.3 Å².